The number of anilines is 1. The van der Waals surface area contributed by atoms with Gasteiger partial charge in [-0.1, -0.05) is 0 Å². The normalized spacial score (nSPS) is 15.4. The Labute approximate surface area is 167 Å². The third kappa shape index (κ3) is 3.14. The lowest BCUT2D eigenvalue weighted by Crippen LogP contribution is -2.25. The fraction of sp³-hybridized carbons (Fsp3) is 0.300. The molecular formula is C20H21N5O4. The molecule has 4 rings (SSSR count). The summed E-state index contributed by atoms with van der Waals surface area (Å²) in [5.74, 6) is 2.27. The predicted molar refractivity (Wildman–Crippen MR) is 105 cm³/mol. The molecule has 3 heterocycles. The van der Waals surface area contributed by atoms with E-state index >= 15 is 0 Å². The third-order valence-electron chi connectivity index (χ3n) is 4.96. The number of hydrogen-bond donors (Lipinski definition) is 1. The second-order valence-electron chi connectivity index (χ2n) is 6.56. The summed E-state index contributed by atoms with van der Waals surface area (Å²) in [6, 6.07) is 5.34. The van der Waals surface area contributed by atoms with Crippen molar-refractivity contribution in [1.29, 1.82) is 0 Å². The Hall–Kier alpha value is -3.62. The fourth-order valence-electron chi connectivity index (χ4n) is 3.68. The maximum atomic E-state index is 12.6. The highest BCUT2D eigenvalue weighted by Gasteiger charge is 2.35. The molecule has 1 N–H and O–H groups in total. The molecule has 0 fully saturated rings. The highest BCUT2D eigenvalue weighted by atomic mass is 16.5. The van der Waals surface area contributed by atoms with Gasteiger partial charge in [-0.15, -0.1) is 0 Å². The van der Waals surface area contributed by atoms with Crippen LogP contribution >= 0.6 is 0 Å². The first-order valence-electron chi connectivity index (χ1n) is 9.04. The first-order valence-corrected chi connectivity index (χ1v) is 9.04. The van der Waals surface area contributed by atoms with Crippen LogP contribution in [0.1, 0.15) is 29.2 Å². The Morgan fingerprint density at radius 3 is 2.34 bits per heavy atom. The number of amides is 1. The Balaban J connectivity index is 1.91. The third-order valence-corrected chi connectivity index (χ3v) is 4.96. The Kier molecular flexibility index (Phi) is 4.79. The molecule has 1 aliphatic heterocycles. The van der Waals surface area contributed by atoms with E-state index in [9.17, 15) is 4.79 Å². The second-order valence-corrected chi connectivity index (χ2v) is 6.56. The minimum absolute atomic E-state index is 0.128. The van der Waals surface area contributed by atoms with Crippen molar-refractivity contribution >= 4 is 11.7 Å². The average molecular weight is 395 g/mol. The summed E-state index contributed by atoms with van der Waals surface area (Å²) in [6.45, 7) is 1.90. The molecule has 0 aliphatic carbocycles. The highest BCUT2D eigenvalue weighted by Crippen LogP contribution is 2.46. The van der Waals surface area contributed by atoms with Gasteiger partial charge in [0.25, 0.3) is 5.95 Å². The van der Waals surface area contributed by atoms with E-state index in [1.807, 2.05) is 13.0 Å². The molecule has 0 saturated carbocycles. The summed E-state index contributed by atoms with van der Waals surface area (Å²) < 4.78 is 18.0. The monoisotopic (exact) mass is 395 g/mol. The number of benzene rings is 1. The van der Waals surface area contributed by atoms with Crippen molar-refractivity contribution < 1.29 is 19.0 Å². The number of fused-ring (bicyclic) bond motifs is 1. The standard InChI is InChI=1S/C20H21N5O4/c1-11-18-13(12-8-15(28-3)16(29-4)10-14(12)27-2)9-17(26)23-19(18)25(24-11)20-21-6-5-7-22-20/h5-8,10,13H,9H2,1-4H3,(H,23,26)/t13-/m1/s1. The van der Waals surface area contributed by atoms with Gasteiger partial charge in [0.15, 0.2) is 11.5 Å². The van der Waals surface area contributed by atoms with Crippen molar-refractivity contribution in [3.8, 4) is 23.2 Å². The minimum Gasteiger partial charge on any atom is -0.496 e. The summed E-state index contributed by atoms with van der Waals surface area (Å²) >= 11 is 0. The Morgan fingerprint density at radius 2 is 1.69 bits per heavy atom. The fourth-order valence-corrected chi connectivity index (χ4v) is 3.68. The molecule has 1 atom stereocenters. The second kappa shape index (κ2) is 7.42. The quantitative estimate of drug-likeness (QED) is 0.708. The number of aryl methyl sites for hydroxylation is 1. The van der Waals surface area contributed by atoms with Gasteiger partial charge in [0.05, 0.1) is 27.0 Å². The molecule has 9 nitrogen and oxygen atoms in total. The van der Waals surface area contributed by atoms with Crippen LogP contribution in [0, 0.1) is 6.92 Å². The first kappa shape index (κ1) is 18.7. The van der Waals surface area contributed by atoms with Crippen molar-refractivity contribution in [3.63, 3.8) is 0 Å². The lowest BCUT2D eigenvalue weighted by Gasteiger charge is -2.26. The van der Waals surface area contributed by atoms with Gasteiger partial charge >= 0.3 is 0 Å². The molecule has 0 bridgehead atoms. The van der Waals surface area contributed by atoms with Gasteiger partial charge in [-0.2, -0.15) is 9.78 Å². The largest absolute Gasteiger partial charge is 0.496 e. The number of carbonyl (C=O) groups excluding carboxylic acids is 1. The van der Waals surface area contributed by atoms with Gasteiger partial charge in [0.1, 0.15) is 11.6 Å². The van der Waals surface area contributed by atoms with E-state index in [0.717, 1.165) is 16.8 Å². The van der Waals surface area contributed by atoms with E-state index < -0.39 is 0 Å². The average Bonchev–Trinajstić information content (AvgIpc) is 3.08. The zero-order valence-corrected chi connectivity index (χ0v) is 16.6. The number of hydrogen-bond acceptors (Lipinski definition) is 7. The summed E-state index contributed by atoms with van der Waals surface area (Å²) in [4.78, 5) is 21.1. The molecule has 1 aromatic carbocycles. The molecule has 2 aromatic heterocycles. The van der Waals surface area contributed by atoms with Crippen LogP contribution in [0.5, 0.6) is 17.2 Å². The molecule has 0 spiro atoms. The highest BCUT2D eigenvalue weighted by molar-refractivity contribution is 5.95. The maximum Gasteiger partial charge on any atom is 0.252 e. The molecule has 0 saturated heterocycles. The minimum atomic E-state index is -0.272. The van der Waals surface area contributed by atoms with E-state index in [2.05, 4.69) is 20.4 Å². The SMILES string of the molecule is COc1cc(OC)c([C@H]2CC(=O)Nc3c2c(C)nn3-c2ncccn2)cc1OC. The molecule has 1 aliphatic rings. The summed E-state index contributed by atoms with van der Waals surface area (Å²) in [5.41, 5.74) is 2.48. The molecular weight excluding hydrogens is 374 g/mol. The van der Waals surface area contributed by atoms with E-state index in [0.29, 0.717) is 29.0 Å². The molecule has 150 valence electrons. The number of nitrogens with one attached hydrogen (secondary N) is 1. The molecule has 29 heavy (non-hydrogen) atoms. The van der Waals surface area contributed by atoms with Crippen molar-refractivity contribution in [2.75, 3.05) is 26.6 Å². The topological polar surface area (TPSA) is 100 Å². The van der Waals surface area contributed by atoms with Crippen molar-refractivity contribution in [1.82, 2.24) is 19.7 Å². The number of carbonyl (C=O) groups is 1. The van der Waals surface area contributed by atoms with Crippen LogP contribution in [0.3, 0.4) is 0 Å². The van der Waals surface area contributed by atoms with Crippen LogP contribution in [-0.2, 0) is 4.79 Å². The van der Waals surface area contributed by atoms with Gasteiger partial charge in [0.2, 0.25) is 5.91 Å². The van der Waals surface area contributed by atoms with Gasteiger partial charge in [-0.05, 0) is 19.1 Å². The Bertz CT molecular complexity index is 1060. The summed E-state index contributed by atoms with van der Waals surface area (Å²) in [5, 5.41) is 7.51. The summed E-state index contributed by atoms with van der Waals surface area (Å²) in [6.07, 6.45) is 3.51. The molecule has 1 amide bonds. The Morgan fingerprint density at radius 1 is 1.03 bits per heavy atom. The predicted octanol–water partition coefficient (Wildman–Crippen LogP) is 2.47. The lowest BCUT2D eigenvalue weighted by molar-refractivity contribution is -0.116. The molecule has 0 radical (unpaired) electrons. The van der Waals surface area contributed by atoms with Gasteiger partial charge < -0.3 is 19.5 Å². The van der Waals surface area contributed by atoms with Crippen molar-refractivity contribution in [2.24, 2.45) is 0 Å². The van der Waals surface area contributed by atoms with Crippen molar-refractivity contribution in [2.45, 2.75) is 19.3 Å². The van der Waals surface area contributed by atoms with Gasteiger partial charge in [0, 0.05) is 41.9 Å². The number of ether oxygens (including phenoxy) is 3. The van der Waals surface area contributed by atoms with Crippen LogP contribution in [0.15, 0.2) is 30.6 Å². The van der Waals surface area contributed by atoms with E-state index in [-0.39, 0.29) is 18.2 Å². The lowest BCUT2D eigenvalue weighted by atomic mass is 9.85. The molecule has 0 unspecified atom stereocenters. The van der Waals surface area contributed by atoms with Crippen LogP contribution < -0.4 is 19.5 Å². The van der Waals surface area contributed by atoms with Crippen LogP contribution in [0.2, 0.25) is 0 Å². The molecule has 9 heteroatoms. The number of rotatable bonds is 5. The van der Waals surface area contributed by atoms with E-state index in [1.54, 1.807) is 50.5 Å². The number of methoxy groups -OCH3 is 3. The van der Waals surface area contributed by atoms with Gasteiger partial charge in [-0.3, -0.25) is 4.79 Å². The maximum absolute atomic E-state index is 12.6. The van der Waals surface area contributed by atoms with E-state index in [1.165, 1.54) is 0 Å². The number of nitrogens with zero attached hydrogens (tertiary/aromatic N) is 4. The van der Waals surface area contributed by atoms with Gasteiger partial charge in [-0.25, -0.2) is 9.97 Å². The zero-order valence-electron chi connectivity index (χ0n) is 16.6. The molecule has 3 aromatic rings. The first-order chi connectivity index (χ1) is 14.1. The van der Waals surface area contributed by atoms with E-state index in [4.69, 9.17) is 14.2 Å². The smallest absolute Gasteiger partial charge is 0.252 e. The zero-order chi connectivity index (χ0) is 20.5. The van der Waals surface area contributed by atoms with Crippen LogP contribution in [0.25, 0.3) is 5.95 Å². The summed E-state index contributed by atoms with van der Waals surface area (Å²) in [7, 11) is 4.73. The van der Waals surface area contributed by atoms with Crippen LogP contribution in [0.4, 0.5) is 5.82 Å². The number of aromatic nitrogens is 4. The van der Waals surface area contributed by atoms with Crippen molar-refractivity contribution in [3.05, 3.63) is 47.4 Å². The van der Waals surface area contributed by atoms with Crippen LogP contribution in [-0.4, -0.2) is 47.0 Å².